The molecular formula is C24H18FN3O2S2. The normalized spacial score (nSPS) is 15.0. The molecule has 1 N–H and O–H groups in total. The molecular weight excluding hydrogens is 445 g/mol. The number of hydrogen-bond acceptors (Lipinski definition) is 5. The lowest BCUT2D eigenvalue weighted by atomic mass is 10.2. The summed E-state index contributed by atoms with van der Waals surface area (Å²) in [4.78, 5) is 31.2. The highest BCUT2D eigenvalue weighted by Crippen LogP contribution is 2.36. The SMILES string of the molecule is O=C(Nc1ccccc1SC[C@H]1CSc2nc3ccccc3c(=O)n21)c1ccc(F)cc1. The minimum absolute atomic E-state index is 0.00506. The number of halogens is 1. The number of hydrogen-bond donors (Lipinski definition) is 1. The quantitative estimate of drug-likeness (QED) is 0.324. The van der Waals surface area contributed by atoms with Crippen molar-refractivity contribution in [2.24, 2.45) is 0 Å². The fraction of sp³-hybridized carbons (Fsp3) is 0.125. The predicted octanol–water partition coefficient (Wildman–Crippen LogP) is 5.23. The smallest absolute Gasteiger partial charge is 0.262 e. The van der Waals surface area contributed by atoms with Crippen LogP contribution in [0, 0.1) is 5.82 Å². The number of carbonyl (C=O) groups is 1. The zero-order chi connectivity index (χ0) is 22.1. The fourth-order valence-electron chi connectivity index (χ4n) is 3.59. The second kappa shape index (κ2) is 8.80. The first-order valence-corrected chi connectivity index (χ1v) is 12.0. The van der Waals surface area contributed by atoms with Crippen molar-refractivity contribution in [2.45, 2.75) is 16.1 Å². The second-order valence-electron chi connectivity index (χ2n) is 7.32. The summed E-state index contributed by atoms with van der Waals surface area (Å²) in [5.41, 5.74) is 1.77. The zero-order valence-corrected chi connectivity index (χ0v) is 18.5. The van der Waals surface area contributed by atoms with Crippen LogP contribution >= 0.6 is 23.5 Å². The van der Waals surface area contributed by atoms with E-state index in [0.717, 1.165) is 21.3 Å². The largest absolute Gasteiger partial charge is 0.321 e. The van der Waals surface area contributed by atoms with Crippen LogP contribution in [0.5, 0.6) is 0 Å². The standard InChI is InChI=1S/C24H18FN3O2S2/c25-16-11-9-15(10-12-16)22(29)26-20-7-3-4-8-21(20)31-13-17-14-32-24-27-19-6-2-1-5-18(19)23(30)28(17)24/h1-12,17H,13-14H2,(H,26,29)/t17-/m0/s1. The summed E-state index contributed by atoms with van der Waals surface area (Å²) in [7, 11) is 0. The van der Waals surface area contributed by atoms with Crippen LogP contribution in [-0.2, 0) is 0 Å². The number of amides is 1. The van der Waals surface area contributed by atoms with Crippen LogP contribution in [-0.4, -0.2) is 27.0 Å². The third-order valence-electron chi connectivity index (χ3n) is 5.22. The lowest BCUT2D eigenvalue weighted by molar-refractivity contribution is 0.102. The van der Waals surface area contributed by atoms with Gasteiger partial charge in [0.05, 0.1) is 22.6 Å². The summed E-state index contributed by atoms with van der Waals surface area (Å²) in [6, 6.07) is 20.4. The molecule has 0 saturated carbocycles. The Hall–Kier alpha value is -3.10. The maximum absolute atomic E-state index is 13.1. The van der Waals surface area contributed by atoms with Gasteiger partial charge in [0, 0.05) is 22.0 Å². The summed E-state index contributed by atoms with van der Waals surface area (Å²) < 4.78 is 14.9. The monoisotopic (exact) mass is 463 g/mol. The molecule has 4 aromatic rings. The third kappa shape index (κ3) is 4.03. The van der Waals surface area contributed by atoms with Gasteiger partial charge in [0.15, 0.2) is 5.16 Å². The van der Waals surface area contributed by atoms with Gasteiger partial charge in [0.1, 0.15) is 5.82 Å². The Bertz CT molecular complexity index is 1370. The van der Waals surface area contributed by atoms with Gasteiger partial charge in [0.2, 0.25) is 0 Å². The highest BCUT2D eigenvalue weighted by Gasteiger charge is 2.26. The summed E-state index contributed by atoms with van der Waals surface area (Å²) in [6.45, 7) is 0. The summed E-state index contributed by atoms with van der Waals surface area (Å²) in [5.74, 6) is 0.760. The van der Waals surface area contributed by atoms with Gasteiger partial charge in [0.25, 0.3) is 11.5 Å². The molecule has 1 aromatic heterocycles. The molecule has 0 unspecified atom stereocenters. The molecule has 32 heavy (non-hydrogen) atoms. The molecule has 160 valence electrons. The Balaban J connectivity index is 1.35. The molecule has 8 heteroatoms. The van der Waals surface area contributed by atoms with Crippen molar-refractivity contribution < 1.29 is 9.18 Å². The van der Waals surface area contributed by atoms with Gasteiger partial charge in [-0.1, -0.05) is 36.0 Å². The van der Waals surface area contributed by atoms with Crippen LogP contribution in [0.4, 0.5) is 10.1 Å². The first kappa shape index (κ1) is 20.8. The molecule has 0 saturated heterocycles. The second-order valence-corrected chi connectivity index (χ2v) is 9.37. The van der Waals surface area contributed by atoms with Crippen LogP contribution in [0.25, 0.3) is 10.9 Å². The van der Waals surface area contributed by atoms with Crippen molar-refractivity contribution in [2.75, 3.05) is 16.8 Å². The predicted molar refractivity (Wildman–Crippen MR) is 127 cm³/mol. The molecule has 0 spiro atoms. The highest BCUT2D eigenvalue weighted by atomic mass is 32.2. The maximum atomic E-state index is 13.1. The number of anilines is 1. The van der Waals surface area contributed by atoms with E-state index in [0.29, 0.717) is 22.4 Å². The molecule has 1 aliphatic rings. The molecule has 2 heterocycles. The first-order valence-electron chi connectivity index (χ1n) is 10.0. The summed E-state index contributed by atoms with van der Waals surface area (Å²) >= 11 is 3.18. The third-order valence-corrected chi connectivity index (χ3v) is 7.53. The van der Waals surface area contributed by atoms with Crippen LogP contribution in [0.3, 0.4) is 0 Å². The van der Waals surface area contributed by atoms with E-state index in [1.807, 2.05) is 48.5 Å². The Morgan fingerprint density at radius 2 is 1.84 bits per heavy atom. The van der Waals surface area contributed by atoms with E-state index < -0.39 is 0 Å². The minimum Gasteiger partial charge on any atom is -0.321 e. The van der Waals surface area contributed by atoms with Crippen LogP contribution in [0.15, 0.2) is 87.6 Å². The number of benzene rings is 3. The maximum Gasteiger partial charge on any atom is 0.262 e. The number of para-hydroxylation sites is 2. The summed E-state index contributed by atoms with van der Waals surface area (Å²) in [6.07, 6.45) is 0. The van der Waals surface area contributed by atoms with Crippen molar-refractivity contribution in [3.05, 3.63) is 94.5 Å². The lowest BCUT2D eigenvalue weighted by Crippen LogP contribution is -2.26. The highest BCUT2D eigenvalue weighted by molar-refractivity contribution is 8.00. The Labute approximate surface area is 192 Å². The molecule has 5 nitrogen and oxygen atoms in total. The number of nitrogens with zero attached hydrogens (tertiary/aromatic N) is 2. The van der Waals surface area contributed by atoms with Crippen molar-refractivity contribution in [1.82, 2.24) is 9.55 Å². The molecule has 0 fully saturated rings. The molecule has 5 rings (SSSR count). The summed E-state index contributed by atoms with van der Waals surface area (Å²) in [5, 5.41) is 4.28. The zero-order valence-electron chi connectivity index (χ0n) is 16.8. The number of nitrogens with one attached hydrogen (secondary N) is 1. The van der Waals surface area contributed by atoms with Crippen molar-refractivity contribution in [3.63, 3.8) is 0 Å². The number of rotatable bonds is 5. The average Bonchev–Trinajstić information content (AvgIpc) is 3.22. The average molecular weight is 464 g/mol. The Kier molecular flexibility index (Phi) is 5.71. The van der Waals surface area contributed by atoms with Crippen molar-refractivity contribution in [3.8, 4) is 0 Å². The first-order chi connectivity index (χ1) is 15.6. The molecule has 3 aromatic carbocycles. The van der Waals surface area contributed by atoms with Gasteiger partial charge in [-0.15, -0.1) is 11.8 Å². The van der Waals surface area contributed by atoms with E-state index in [1.165, 1.54) is 24.3 Å². The molecule has 1 aliphatic heterocycles. The molecule has 1 atom stereocenters. The minimum atomic E-state index is -0.385. The van der Waals surface area contributed by atoms with E-state index in [2.05, 4.69) is 10.3 Å². The molecule has 0 bridgehead atoms. The van der Waals surface area contributed by atoms with E-state index in [9.17, 15) is 14.0 Å². The van der Waals surface area contributed by atoms with Gasteiger partial charge >= 0.3 is 0 Å². The topological polar surface area (TPSA) is 64.0 Å². The Morgan fingerprint density at radius 3 is 2.69 bits per heavy atom. The van der Waals surface area contributed by atoms with Gasteiger partial charge in [-0.2, -0.15) is 0 Å². The van der Waals surface area contributed by atoms with E-state index >= 15 is 0 Å². The van der Waals surface area contributed by atoms with Crippen LogP contribution in [0.1, 0.15) is 16.4 Å². The number of carbonyl (C=O) groups excluding carboxylic acids is 1. The van der Waals surface area contributed by atoms with Gasteiger partial charge < -0.3 is 5.32 Å². The number of aromatic nitrogens is 2. The van der Waals surface area contributed by atoms with Gasteiger partial charge in [-0.05, 0) is 48.5 Å². The molecule has 0 aliphatic carbocycles. The molecule has 0 radical (unpaired) electrons. The van der Waals surface area contributed by atoms with Gasteiger partial charge in [-0.25, -0.2) is 9.37 Å². The number of fused-ring (bicyclic) bond motifs is 2. The van der Waals surface area contributed by atoms with Crippen molar-refractivity contribution in [1.29, 1.82) is 0 Å². The molecule has 1 amide bonds. The fourth-order valence-corrected chi connectivity index (χ4v) is 5.97. The van der Waals surface area contributed by atoms with E-state index in [4.69, 9.17) is 0 Å². The number of thioether (sulfide) groups is 2. The Morgan fingerprint density at radius 1 is 1.09 bits per heavy atom. The van der Waals surface area contributed by atoms with Crippen LogP contribution < -0.4 is 10.9 Å². The van der Waals surface area contributed by atoms with Gasteiger partial charge in [-0.3, -0.25) is 14.2 Å². The van der Waals surface area contributed by atoms with Crippen LogP contribution in [0.2, 0.25) is 0 Å². The lowest BCUT2D eigenvalue weighted by Gasteiger charge is -2.15. The van der Waals surface area contributed by atoms with E-state index in [1.54, 1.807) is 28.1 Å². The van der Waals surface area contributed by atoms with E-state index in [-0.39, 0.29) is 23.3 Å². The van der Waals surface area contributed by atoms with Crippen molar-refractivity contribution >= 4 is 46.0 Å².